The standard InChI is InChI=1S/C5H7NO2S/c6-9(5(7)8)3-1-2-4-9/h1-4H,6H2,(H,7,8). The van der Waals surface area contributed by atoms with Gasteiger partial charge in [0.2, 0.25) is 0 Å². The zero-order valence-electron chi connectivity index (χ0n) is 4.65. The first-order chi connectivity index (χ1) is 4.15. The Morgan fingerprint density at radius 1 is 1.44 bits per heavy atom. The molecule has 3 N–H and O–H groups in total. The highest BCUT2D eigenvalue weighted by Gasteiger charge is 2.22. The number of hydrogen-bond donors (Lipinski definition) is 2. The van der Waals surface area contributed by atoms with Crippen LogP contribution in [0.5, 0.6) is 0 Å². The van der Waals surface area contributed by atoms with Crippen LogP contribution in [0.15, 0.2) is 23.0 Å². The summed E-state index contributed by atoms with van der Waals surface area (Å²) in [5.74, 6) is 0. The molecule has 0 saturated heterocycles. The smallest absolute Gasteiger partial charge is 0.366 e. The molecule has 0 radical (unpaired) electrons. The van der Waals surface area contributed by atoms with E-state index in [1.165, 1.54) is 10.8 Å². The Morgan fingerprint density at radius 2 is 1.89 bits per heavy atom. The predicted octanol–water partition coefficient (Wildman–Crippen LogP) is 1.38. The summed E-state index contributed by atoms with van der Waals surface area (Å²) in [7, 11) is -2.06. The fourth-order valence-electron chi connectivity index (χ4n) is 0.513. The summed E-state index contributed by atoms with van der Waals surface area (Å²) in [5.41, 5.74) is 0. The van der Waals surface area contributed by atoms with Crippen molar-refractivity contribution in [2.75, 3.05) is 0 Å². The Labute approximate surface area is 54.3 Å². The van der Waals surface area contributed by atoms with Crippen LogP contribution in [-0.4, -0.2) is 10.4 Å². The van der Waals surface area contributed by atoms with Crippen molar-refractivity contribution in [3.8, 4) is 0 Å². The zero-order valence-corrected chi connectivity index (χ0v) is 5.47. The number of nitrogens with two attached hydrogens (primary N) is 1. The highest BCUT2D eigenvalue weighted by molar-refractivity contribution is 8.47. The summed E-state index contributed by atoms with van der Waals surface area (Å²) < 4.78 is 0. The van der Waals surface area contributed by atoms with Crippen molar-refractivity contribution in [1.82, 2.24) is 0 Å². The Morgan fingerprint density at radius 3 is 2.11 bits per heavy atom. The molecule has 0 aliphatic carbocycles. The number of rotatable bonds is 0. The van der Waals surface area contributed by atoms with Crippen LogP contribution < -0.4 is 5.14 Å². The van der Waals surface area contributed by atoms with Gasteiger partial charge in [-0.3, -0.25) is 5.14 Å². The third-order valence-electron chi connectivity index (χ3n) is 1.02. The molecule has 0 fully saturated rings. The maximum Gasteiger partial charge on any atom is 0.366 e. The molecule has 1 aliphatic heterocycles. The van der Waals surface area contributed by atoms with E-state index >= 15 is 0 Å². The summed E-state index contributed by atoms with van der Waals surface area (Å²) >= 11 is 0. The van der Waals surface area contributed by atoms with Crippen molar-refractivity contribution in [3.05, 3.63) is 23.0 Å². The largest absolute Gasteiger partial charge is 0.473 e. The van der Waals surface area contributed by atoms with Gasteiger partial charge in [-0.15, -0.1) is 0 Å². The van der Waals surface area contributed by atoms with Crippen molar-refractivity contribution in [2.24, 2.45) is 5.14 Å². The minimum absolute atomic E-state index is 0.938. The molecule has 0 atom stereocenters. The normalized spacial score (nSPS) is 24.1. The van der Waals surface area contributed by atoms with Crippen LogP contribution in [-0.2, 0) is 0 Å². The van der Waals surface area contributed by atoms with Gasteiger partial charge in [0.15, 0.2) is 0 Å². The van der Waals surface area contributed by atoms with Gasteiger partial charge in [-0.2, -0.15) is 0 Å². The van der Waals surface area contributed by atoms with Crippen LogP contribution in [0.4, 0.5) is 4.79 Å². The molecule has 3 nitrogen and oxygen atoms in total. The second-order valence-electron chi connectivity index (χ2n) is 1.68. The molecular weight excluding hydrogens is 138 g/mol. The maximum atomic E-state index is 10.3. The average molecular weight is 145 g/mol. The van der Waals surface area contributed by atoms with Crippen LogP contribution in [0.1, 0.15) is 0 Å². The Kier molecular flexibility index (Phi) is 1.34. The van der Waals surface area contributed by atoms with Gasteiger partial charge in [0.25, 0.3) is 0 Å². The lowest BCUT2D eigenvalue weighted by Crippen LogP contribution is -2.12. The summed E-state index contributed by atoms with van der Waals surface area (Å²) in [5, 5.41) is 16.0. The van der Waals surface area contributed by atoms with Gasteiger partial charge in [-0.1, -0.05) is 22.4 Å². The van der Waals surface area contributed by atoms with Gasteiger partial charge in [-0.25, -0.2) is 4.79 Å². The van der Waals surface area contributed by atoms with E-state index in [0.717, 1.165) is 0 Å². The molecular formula is C5H7NO2S. The molecule has 0 amide bonds. The quantitative estimate of drug-likeness (QED) is 0.541. The summed E-state index contributed by atoms with van der Waals surface area (Å²) in [4.78, 5) is 10.3. The van der Waals surface area contributed by atoms with Gasteiger partial charge in [0.1, 0.15) is 0 Å². The number of allylic oxidation sites excluding steroid dienone is 2. The van der Waals surface area contributed by atoms with E-state index in [-0.39, 0.29) is 0 Å². The molecule has 0 unspecified atom stereocenters. The molecule has 1 aliphatic rings. The highest BCUT2D eigenvalue weighted by atomic mass is 32.3. The van der Waals surface area contributed by atoms with Gasteiger partial charge >= 0.3 is 5.30 Å². The summed E-state index contributed by atoms with van der Waals surface area (Å²) in [6, 6.07) is 0. The lowest BCUT2D eigenvalue weighted by Gasteiger charge is -2.17. The van der Waals surface area contributed by atoms with E-state index in [9.17, 15) is 4.79 Å². The van der Waals surface area contributed by atoms with E-state index < -0.39 is 15.5 Å². The minimum atomic E-state index is -2.06. The molecule has 0 bridgehead atoms. The fourth-order valence-corrected chi connectivity index (χ4v) is 1.54. The Bertz CT molecular complexity index is 185. The fraction of sp³-hybridized carbons (Fsp3) is 0. The van der Waals surface area contributed by atoms with Crippen molar-refractivity contribution >= 4 is 15.5 Å². The molecule has 50 valence electrons. The molecule has 0 saturated carbocycles. The topological polar surface area (TPSA) is 63.3 Å². The first kappa shape index (κ1) is 6.38. The minimum Gasteiger partial charge on any atom is -0.473 e. The van der Waals surface area contributed by atoms with Gasteiger partial charge in [0, 0.05) is 0 Å². The second-order valence-corrected chi connectivity index (χ2v) is 4.10. The van der Waals surface area contributed by atoms with Crippen LogP contribution in [0.3, 0.4) is 0 Å². The van der Waals surface area contributed by atoms with E-state index in [4.69, 9.17) is 10.2 Å². The monoisotopic (exact) mass is 145 g/mol. The third kappa shape index (κ3) is 0.988. The molecule has 9 heavy (non-hydrogen) atoms. The maximum absolute atomic E-state index is 10.3. The Balaban J connectivity index is 2.88. The van der Waals surface area contributed by atoms with Crippen LogP contribution in [0.2, 0.25) is 0 Å². The van der Waals surface area contributed by atoms with E-state index in [1.807, 2.05) is 0 Å². The van der Waals surface area contributed by atoms with Crippen molar-refractivity contribution in [3.63, 3.8) is 0 Å². The summed E-state index contributed by atoms with van der Waals surface area (Å²) in [6.45, 7) is 0. The third-order valence-corrected chi connectivity index (χ3v) is 2.84. The van der Waals surface area contributed by atoms with E-state index in [2.05, 4.69) is 0 Å². The van der Waals surface area contributed by atoms with Crippen LogP contribution in [0, 0.1) is 0 Å². The SMILES string of the molecule is NS1(C(=O)O)C=CC=C1. The second kappa shape index (κ2) is 1.89. The zero-order chi connectivity index (χ0) is 6.91. The lowest BCUT2D eigenvalue weighted by atomic mass is 10.6. The molecule has 1 rings (SSSR count). The lowest BCUT2D eigenvalue weighted by molar-refractivity contribution is 0.221. The molecule has 0 spiro atoms. The predicted molar refractivity (Wildman–Crippen MR) is 38.1 cm³/mol. The molecule has 0 aromatic carbocycles. The molecule has 4 heteroatoms. The van der Waals surface area contributed by atoms with Crippen molar-refractivity contribution in [1.29, 1.82) is 0 Å². The Hall–Kier alpha value is -0.740. The van der Waals surface area contributed by atoms with Gasteiger partial charge in [-0.05, 0) is 10.8 Å². The van der Waals surface area contributed by atoms with Crippen LogP contribution in [0.25, 0.3) is 0 Å². The molecule has 1 heterocycles. The van der Waals surface area contributed by atoms with Crippen LogP contribution >= 0.6 is 10.2 Å². The summed E-state index contributed by atoms with van der Waals surface area (Å²) in [6.07, 6.45) is 3.31. The first-order valence-corrected chi connectivity index (χ1v) is 4.16. The number of hydrogen-bond acceptors (Lipinski definition) is 2. The molecule has 0 aromatic heterocycles. The number of carboxylic acid groups (broad SMARTS) is 1. The average Bonchev–Trinajstić information content (AvgIpc) is 2.16. The highest BCUT2D eigenvalue weighted by Crippen LogP contribution is 2.46. The van der Waals surface area contributed by atoms with Crippen molar-refractivity contribution < 1.29 is 9.90 Å². The molecule has 0 aromatic rings. The first-order valence-electron chi connectivity index (χ1n) is 2.34. The van der Waals surface area contributed by atoms with E-state index in [1.54, 1.807) is 12.2 Å². The van der Waals surface area contributed by atoms with Gasteiger partial charge in [0.05, 0.1) is 0 Å². The van der Waals surface area contributed by atoms with E-state index in [0.29, 0.717) is 0 Å². The number of carbonyl (C=O) groups is 1. The van der Waals surface area contributed by atoms with Gasteiger partial charge < -0.3 is 5.11 Å². The van der Waals surface area contributed by atoms with Crippen molar-refractivity contribution in [2.45, 2.75) is 0 Å².